The van der Waals surface area contributed by atoms with Crippen LogP contribution in [0, 0.1) is 11.3 Å². The van der Waals surface area contributed by atoms with Gasteiger partial charge in [0.25, 0.3) is 0 Å². The molecule has 1 aromatic heterocycles. The Labute approximate surface area is 86.0 Å². The maximum absolute atomic E-state index is 11.2. The molecule has 0 atom stereocenters. The van der Waals surface area contributed by atoms with Crippen LogP contribution in [0.15, 0.2) is 11.0 Å². The number of rotatable bonds is 1. The third-order valence-corrected chi connectivity index (χ3v) is 2.90. The lowest BCUT2D eigenvalue weighted by molar-refractivity contribution is 0.602. The topological polar surface area (TPSA) is 96.8 Å². The minimum Gasteiger partial charge on any atom is -0.383 e. The summed E-state index contributed by atoms with van der Waals surface area (Å²) >= 11 is 5.54. The highest BCUT2D eigenvalue weighted by molar-refractivity contribution is 7.90. The van der Waals surface area contributed by atoms with Gasteiger partial charge in [0.05, 0.1) is 5.56 Å². The van der Waals surface area contributed by atoms with Gasteiger partial charge >= 0.3 is 0 Å². The Balaban J connectivity index is 3.58. The monoisotopic (exact) mass is 231 g/mol. The van der Waals surface area contributed by atoms with Crippen LogP contribution in [0.1, 0.15) is 5.56 Å². The molecule has 0 aliphatic heterocycles. The van der Waals surface area contributed by atoms with Crippen LogP contribution in [0.3, 0.4) is 0 Å². The fourth-order valence-electron chi connectivity index (χ4n) is 0.861. The van der Waals surface area contributed by atoms with Gasteiger partial charge < -0.3 is 5.73 Å². The highest BCUT2D eigenvalue weighted by Crippen LogP contribution is 2.22. The molecule has 74 valence electrons. The number of nitrogen functional groups attached to an aromatic ring is 1. The molecule has 0 saturated heterocycles. The zero-order valence-electron chi connectivity index (χ0n) is 7.15. The van der Waals surface area contributed by atoms with E-state index in [-0.39, 0.29) is 21.4 Å². The van der Waals surface area contributed by atoms with E-state index in [9.17, 15) is 8.42 Å². The number of nitrogens with two attached hydrogens (primary N) is 1. The summed E-state index contributed by atoms with van der Waals surface area (Å²) in [4.78, 5) is 3.37. The van der Waals surface area contributed by atoms with E-state index in [0.29, 0.717) is 0 Å². The molecule has 7 heteroatoms. The van der Waals surface area contributed by atoms with Gasteiger partial charge in [-0.1, -0.05) is 11.6 Å². The first-order valence-corrected chi connectivity index (χ1v) is 5.69. The summed E-state index contributed by atoms with van der Waals surface area (Å²) < 4.78 is 22.3. The number of pyridine rings is 1. The molecule has 0 amide bonds. The lowest BCUT2D eigenvalue weighted by atomic mass is 10.3. The van der Waals surface area contributed by atoms with E-state index in [0.717, 1.165) is 12.3 Å². The summed E-state index contributed by atoms with van der Waals surface area (Å²) in [6.07, 6.45) is 0.982. The third-order valence-electron chi connectivity index (χ3n) is 1.49. The number of sulfone groups is 1. The number of aromatic nitrogens is 1. The Morgan fingerprint density at radius 3 is 2.64 bits per heavy atom. The Bertz CT molecular complexity index is 518. The number of hydrogen-bond donors (Lipinski definition) is 1. The van der Waals surface area contributed by atoms with Crippen molar-refractivity contribution in [3.63, 3.8) is 0 Å². The van der Waals surface area contributed by atoms with Gasteiger partial charge in [0, 0.05) is 6.26 Å². The molecule has 0 unspecified atom stereocenters. The van der Waals surface area contributed by atoms with Crippen molar-refractivity contribution < 1.29 is 8.42 Å². The first-order valence-electron chi connectivity index (χ1n) is 3.42. The van der Waals surface area contributed by atoms with Crippen molar-refractivity contribution in [1.82, 2.24) is 4.98 Å². The second-order valence-corrected chi connectivity index (χ2v) is 4.94. The van der Waals surface area contributed by atoms with E-state index < -0.39 is 9.84 Å². The predicted molar refractivity (Wildman–Crippen MR) is 51.5 cm³/mol. The molecule has 0 spiro atoms. The molecule has 1 aromatic rings. The van der Waals surface area contributed by atoms with E-state index in [1.54, 1.807) is 6.07 Å². The summed E-state index contributed by atoms with van der Waals surface area (Å²) in [5.74, 6) is -0.198. The maximum atomic E-state index is 11.2. The van der Waals surface area contributed by atoms with Crippen LogP contribution >= 0.6 is 11.6 Å². The molecule has 0 bridgehead atoms. The Hall–Kier alpha value is -1.32. The summed E-state index contributed by atoms with van der Waals surface area (Å²) in [5, 5.41) is 8.49. The first kappa shape index (κ1) is 10.8. The van der Waals surface area contributed by atoms with E-state index in [1.807, 2.05) is 0 Å². The second kappa shape index (κ2) is 3.44. The van der Waals surface area contributed by atoms with E-state index in [4.69, 9.17) is 22.6 Å². The largest absolute Gasteiger partial charge is 0.383 e. The molecular weight excluding hydrogens is 226 g/mol. The summed E-state index contributed by atoms with van der Waals surface area (Å²) in [6, 6.07) is 2.83. The highest BCUT2D eigenvalue weighted by atomic mass is 35.5. The molecule has 0 fully saturated rings. The van der Waals surface area contributed by atoms with Crippen LogP contribution in [0.5, 0.6) is 0 Å². The third kappa shape index (κ3) is 1.95. The predicted octanol–water partition coefficient (Wildman–Crippen LogP) is 0.592. The summed E-state index contributed by atoms with van der Waals surface area (Å²) in [7, 11) is -3.48. The fourth-order valence-corrected chi connectivity index (χ4v) is 1.81. The number of hydrogen-bond acceptors (Lipinski definition) is 5. The number of nitrogens with zero attached hydrogens (tertiary/aromatic N) is 2. The van der Waals surface area contributed by atoms with E-state index >= 15 is 0 Å². The quantitative estimate of drug-likeness (QED) is 0.714. The van der Waals surface area contributed by atoms with Crippen molar-refractivity contribution in [2.75, 3.05) is 12.0 Å². The van der Waals surface area contributed by atoms with Gasteiger partial charge in [-0.15, -0.1) is 0 Å². The summed E-state index contributed by atoms with van der Waals surface area (Å²) in [5.41, 5.74) is 5.33. The van der Waals surface area contributed by atoms with E-state index in [2.05, 4.69) is 4.98 Å². The molecule has 0 aliphatic rings. The minimum absolute atomic E-state index is 0.0127. The standard InChI is InChI=1S/C7H6ClN3O2S/c1-14(12,13)5-2-4(3-9)6(8)11-7(5)10/h2H,1H3,(H2,10,11). The highest BCUT2D eigenvalue weighted by Gasteiger charge is 2.16. The van der Waals surface area contributed by atoms with Gasteiger partial charge in [-0.3, -0.25) is 0 Å². The van der Waals surface area contributed by atoms with Crippen molar-refractivity contribution in [3.8, 4) is 6.07 Å². The molecular formula is C7H6ClN3O2S. The van der Waals surface area contributed by atoms with Crippen LogP contribution < -0.4 is 5.73 Å². The second-order valence-electron chi connectivity index (χ2n) is 2.59. The fraction of sp³-hybridized carbons (Fsp3) is 0.143. The Morgan fingerprint density at radius 1 is 1.64 bits per heavy atom. The van der Waals surface area contributed by atoms with Crippen molar-refractivity contribution in [3.05, 3.63) is 16.8 Å². The molecule has 5 nitrogen and oxygen atoms in total. The van der Waals surface area contributed by atoms with Gasteiger partial charge in [-0.2, -0.15) is 5.26 Å². The van der Waals surface area contributed by atoms with Crippen LogP contribution in [-0.2, 0) is 9.84 Å². The number of anilines is 1. The lowest BCUT2D eigenvalue weighted by Gasteiger charge is -2.03. The molecule has 1 heterocycles. The van der Waals surface area contributed by atoms with Crippen LogP contribution in [-0.4, -0.2) is 19.7 Å². The van der Waals surface area contributed by atoms with Crippen LogP contribution in [0.2, 0.25) is 5.15 Å². The van der Waals surface area contributed by atoms with Crippen molar-refractivity contribution >= 4 is 27.3 Å². The minimum atomic E-state index is -3.48. The molecule has 14 heavy (non-hydrogen) atoms. The average molecular weight is 232 g/mol. The lowest BCUT2D eigenvalue weighted by Crippen LogP contribution is -2.05. The average Bonchev–Trinajstić information content (AvgIpc) is 2.02. The zero-order chi connectivity index (χ0) is 10.9. The van der Waals surface area contributed by atoms with Gasteiger partial charge in [0.1, 0.15) is 21.9 Å². The molecule has 0 saturated carbocycles. The van der Waals surface area contributed by atoms with Crippen molar-refractivity contribution in [2.24, 2.45) is 0 Å². The van der Waals surface area contributed by atoms with Crippen molar-refractivity contribution in [1.29, 1.82) is 5.26 Å². The number of halogens is 1. The molecule has 0 radical (unpaired) electrons. The normalized spacial score (nSPS) is 10.9. The van der Waals surface area contributed by atoms with E-state index in [1.165, 1.54) is 0 Å². The molecule has 1 rings (SSSR count). The maximum Gasteiger partial charge on any atom is 0.179 e. The Morgan fingerprint density at radius 2 is 2.21 bits per heavy atom. The van der Waals surface area contributed by atoms with Gasteiger partial charge in [0.2, 0.25) is 0 Å². The van der Waals surface area contributed by atoms with Gasteiger partial charge in [0.15, 0.2) is 9.84 Å². The summed E-state index contributed by atoms with van der Waals surface area (Å²) in [6.45, 7) is 0. The molecule has 2 N–H and O–H groups in total. The number of nitriles is 1. The van der Waals surface area contributed by atoms with Crippen LogP contribution in [0.4, 0.5) is 5.82 Å². The first-order chi connectivity index (χ1) is 6.36. The Kier molecular flexibility index (Phi) is 2.64. The smallest absolute Gasteiger partial charge is 0.179 e. The SMILES string of the molecule is CS(=O)(=O)c1cc(C#N)c(Cl)nc1N. The van der Waals surface area contributed by atoms with Gasteiger partial charge in [-0.25, -0.2) is 13.4 Å². The zero-order valence-corrected chi connectivity index (χ0v) is 8.72. The molecule has 0 aliphatic carbocycles. The molecule has 0 aromatic carbocycles. The van der Waals surface area contributed by atoms with Crippen molar-refractivity contribution in [2.45, 2.75) is 4.90 Å². The van der Waals surface area contributed by atoms with Gasteiger partial charge in [-0.05, 0) is 6.07 Å². The van der Waals surface area contributed by atoms with Crippen LogP contribution in [0.25, 0.3) is 0 Å².